The minimum absolute atomic E-state index is 0.0343. The quantitative estimate of drug-likeness (QED) is 0.201. The van der Waals surface area contributed by atoms with Gasteiger partial charge in [0.2, 0.25) is 0 Å². The van der Waals surface area contributed by atoms with Crippen molar-refractivity contribution in [2.24, 2.45) is 12.1 Å². The van der Waals surface area contributed by atoms with Crippen molar-refractivity contribution < 1.29 is 14.7 Å². The molecule has 0 saturated heterocycles. The fourth-order valence-electron chi connectivity index (χ4n) is 3.26. The van der Waals surface area contributed by atoms with Gasteiger partial charge in [0.1, 0.15) is 5.75 Å². The van der Waals surface area contributed by atoms with Crippen LogP contribution in [-0.4, -0.2) is 32.4 Å². The number of carbonyl (C=O) groups excluding carboxylic acids is 2. The van der Waals surface area contributed by atoms with Crippen molar-refractivity contribution in [1.82, 2.24) is 20.5 Å². The van der Waals surface area contributed by atoms with Crippen LogP contribution >= 0.6 is 45.9 Å². The predicted octanol–water partition coefficient (Wildman–Crippen LogP) is 5.61. The van der Waals surface area contributed by atoms with Crippen molar-refractivity contribution in [3.8, 4) is 16.2 Å². The SMILES string of the molecule is CC(=NNC(=O)c1ccc(C(=O)NCc2cc(C)n(C)n2)s1)c1csc(-c2ccc(Cl)c(Cl)c2)c1O. The first-order chi connectivity index (χ1) is 17.1. The van der Waals surface area contributed by atoms with Crippen LogP contribution in [0.25, 0.3) is 10.4 Å². The van der Waals surface area contributed by atoms with Gasteiger partial charge in [-0.3, -0.25) is 14.3 Å². The molecule has 3 aromatic heterocycles. The van der Waals surface area contributed by atoms with Crippen LogP contribution in [0.2, 0.25) is 10.0 Å². The molecule has 0 spiro atoms. The van der Waals surface area contributed by atoms with Gasteiger partial charge in [0.05, 0.1) is 48.2 Å². The molecule has 8 nitrogen and oxygen atoms in total. The van der Waals surface area contributed by atoms with Gasteiger partial charge in [-0.05, 0) is 49.7 Å². The molecule has 0 aliphatic rings. The highest BCUT2D eigenvalue weighted by molar-refractivity contribution is 7.16. The van der Waals surface area contributed by atoms with Crippen molar-refractivity contribution >= 4 is 63.4 Å². The van der Waals surface area contributed by atoms with Crippen molar-refractivity contribution in [2.75, 3.05) is 0 Å². The number of hydrazone groups is 1. The Kier molecular flexibility index (Phi) is 7.79. The van der Waals surface area contributed by atoms with Gasteiger partial charge in [0, 0.05) is 18.1 Å². The van der Waals surface area contributed by atoms with E-state index < -0.39 is 5.91 Å². The van der Waals surface area contributed by atoms with E-state index in [0.29, 0.717) is 36.0 Å². The summed E-state index contributed by atoms with van der Waals surface area (Å²) in [5.74, 6) is -0.717. The number of nitrogens with one attached hydrogen (secondary N) is 2. The Balaban J connectivity index is 1.39. The molecule has 4 aromatic rings. The molecule has 3 N–H and O–H groups in total. The first-order valence-corrected chi connectivity index (χ1v) is 13.1. The molecular formula is C24H21Cl2N5O3S2. The summed E-state index contributed by atoms with van der Waals surface area (Å²) < 4.78 is 1.74. The van der Waals surface area contributed by atoms with E-state index in [1.807, 2.05) is 20.0 Å². The highest BCUT2D eigenvalue weighted by atomic mass is 35.5. The van der Waals surface area contributed by atoms with Gasteiger partial charge in [-0.2, -0.15) is 10.2 Å². The zero-order valence-corrected chi connectivity index (χ0v) is 22.6. The van der Waals surface area contributed by atoms with Crippen molar-refractivity contribution in [2.45, 2.75) is 20.4 Å². The summed E-state index contributed by atoms with van der Waals surface area (Å²) >= 11 is 14.4. The highest BCUT2D eigenvalue weighted by Crippen LogP contribution is 2.40. The number of amides is 2. The van der Waals surface area contributed by atoms with E-state index in [4.69, 9.17) is 23.2 Å². The van der Waals surface area contributed by atoms with Crippen LogP contribution in [0.1, 0.15) is 43.2 Å². The van der Waals surface area contributed by atoms with Crippen molar-refractivity contribution in [1.29, 1.82) is 0 Å². The second-order valence-corrected chi connectivity index (χ2v) is 10.6. The maximum absolute atomic E-state index is 12.6. The Morgan fingerprint density at radius 1 is 1.11 bits per heavy atom. The van der Waals surface area contributed by atoms with Gasteiger partial charge in [-0.15, -0.1) is 22.7 Å². The molecule has 12 heteroatoms. The predicted molar refractivity (Wildman–Crippen MR) is 145 cm³/mol. The molecule has 36 heavy (non-hydrogen) atoms. The number of thiophene rings is 2. The average Bonchev–Trinajstić information content (AvgIpc) is 3.57. The monoisotopic (exact) mass is 561 g/mol. The minimum atomic E-state index is -0.460. The van der Waals surface area contributed by atoms with Gasteiger partial charge in [0.25, 0.3) is 11.8 Å². The van der Waals surface area contributed by atoms with Gasteiger partial charge in [0.15, 0.2) is 0 Å². The number of aryl methyl sites for hydroxylation is 2. The molecule has 0 aliphatic carbocycles. The Labute approximate surface area is 225 Å². The molecular weight excluding hydrogens is 541 g/mol. The fraction of sp³-hybridized carbons (Fsp3) is 0.167. The standard InChI is InChI=1S/C24H21Cl2N5O3S2/c1-12-8-15(30-31(12)3)10-27-23(33)19-6-7-20(36-19)24(34)29-28-13(2)16-11-35-22(21(16)32)14-4-5-17(25)18(26)9-14/h4-9,11,32H,10H2,1-3H3,(H,27,33)(H,29,34). The number of aromatic nitrogens is 2. The van der Waals surface area contributed by atoms with Crippen LogP contribution in [0, 0.1) is 6.92 Å². The van der Waals surface area contributed by atoms with E-state index in [0.717, 1.165) is 28.3 Å². The van der Waals surface area contributed by atoms with E-state index in [1.165, 1.54) is 11.3 Å². The first-order valence-electron chi connectivity index (χ1n) is 10.6. The van der Waals surface area contributed by atoms with Gasteiger partial charge in [-0.25, -0.2) is 5.43 Å². The summed E-state index contributed by atoms with van der Waals surface area (Å²) in [5, 5.41) is 24.5. The van der Waals surface area contributed by atoms with Gasteiger partial charge >= 0.3 is 0 Å². The molecule has 0 bridgehead atoms. The summed E-state index contributed by atoms with van der Waals surface area (Å²) in [5.41, 5.74) is 5.85. The Morgan fingerprint density at radius 2 is 1.83 bits per heavy atom. The second kappa shape index (κ2) is 10.8. The fourth-order valence-corrected chi connectivity index (χ4v) is 5.37. The smallest absolute Gasteiger partial charge is 0.281 e. The first kappa shape index (κ1) is 25.9. The number of nitrogens with zero attached hydrogens (tertiary/aromatic N) is 3. The summed E-state index contributed by atoms with van der Waals surface area (Å²) in [7, 11) is 1.84. The van der Waals surface area contributed by atoms with Gasteiger partial charge in [-0.1, -0.05) is 29.3 Å². The number of halogens is 2. The number of aromatic hydroxyl groups is 1. The lowest BCUT2D eigenvalue weighted by Gasteiger charge is -2.04. The molecule has 3 heterocycles. The van der Waals surface area contributed by atoms with Crippen LogP contribution in [0.5, 0.6) is 5.75 Å². The largest absolute Gasteiger partial charge is 0.506 e. The molecule has 4 rings (SSSR count). The molecule has 1 aromatic carbocycles. The summed E-state index contributed by atoms with van der Waals surface area (Å²) in [6.45, 7) is 3.89. The second-order valence-electron chi connectivity index (χ2n) is 7.84. The third kappa shape index (κ3) is 5.62. The van der Waals surface area contributed by atoms with Crippen LogP contribution in [0.4, 0.5) is 0 Å². The Hall–Kier alpha value is -3.18. The number of carbonyl (C=O) groups is 2. The maximum Gasteiger partial charge on any atom is 0.281 e. The third-order valence-electron chi connectivity index (χ3n) is 5.31. The molecule has 186 valence electrons. The molecule has 0 radical (unpaired) electrons. The number of rotatable bonds is 7. The molecule has 0 aliphatic heterocycles. The molecule has 0 unspecified atom stereocenters. The topological polar surface area (TPSA) is 109 Å². The lowest BCUT2D eigenvalue weighted by atomic mass is 10.1. The minimum Gasteiger partial charge on any atom is -0.506 e. The third-order valence-corrected chi connectivity index (χ3v) is 8.15. The lowest BCUT2D eigenvalue weighted by molar-refractivity contribution is 0.0949. The van der Waals surface area contributed by atoms with E-state index >= 15 is 0 Å². The maximum atomic E-state index is 12.6. The van der Waals surface area contributed by atoms with Crippen LogP contribution in [0.15, 0.2) is 46.9 Å². The van der Waals surface area contributed by atoms with Gasteiger partial charge < -0.3 is 10.4 Å². The van der Waals surface area contributed by atoms with Crippen molar-refractivity contribution in [3.63, 3.8) is 0 Å². The summed E-state index contributed by atoms with van der Waals surface area (Å²) in [6.07, 6.45) is 0. The van der Waals surface area contributed by atoms with E-state index in [2.05, 4.69) is 20.9 Å². The van der Waals surface area contributed by atoms with E-state index in [9.17, 15) is 14.7 Å². The number of hydrogen-bond donors (Lipinski definition) is 3. The van der Waals surface area contributed by atoms with E-state index in [-0.39, 0.29) is 18.2 Å². The van der Waals surface area contributed by atoms with Crippen LogP contribution < -0.4 is 10.7 Å². The molecule has 0 fully saturated rings. The Morgan fingerprint density at radius 3 is 2.50 bits per heavy atom. The average molecular weight is 563 g/mol. The number of hydrogen-bond acceptors (Lipinski definition) is 7. The van der Waals surface area contributed by atoms with E-state index in [1.54, 1.807) is 47.3 Å². The molecule has 0 saturated carbocycles. The Bertz CT molecular complexity index is 1470. The zero-order valence-electron chi connectivity index (χ0n) is 19.4. The normalized spacial score (nSPS) is 11.5. The summed E-state index contributed by atoms with van der Waals surface area (Å²) in [4.78, 5) is 26.4. The van der Waals surface area contributed by atoms with Crippen molar-refractivity contribution in [3.05, 3.63) is 78.5 Å². The van der Waals surface area contributed by atoms with Crippen LogP contribution in [-0.2, 0) is 13.6 Å². The van der Waals surface area contributed by atoms with Crippen LogP contribution in [0.3, 0.4) is 0 Å². The molecule has 0 atom stereocenters. The summed E-state index contributed by atoms with van der Waals surface area (Å²) in [6, 6.07) is 10.1. The highest BCUT2D eigenvalue weighted by Gasteiger charge is 2.17. The lowest BCUT2D eigenvalue weighted by Crippen LogP contribution is -2.22. The number of benzene rings is 1. The zero-order chi connectivity index (χ0) is 26.0. The molecule has 2 amide bonds.